The molecule has 0 saturated heterocycles. The van der Waals surface area contributed by atoms with Crippen LogP contribution in [0, 0.1) is 0 Å². The summed E-state index contributed by atoms with van der Waals surface area (Å²) in [5.74, 6) is 0. The molecule has 0 aromatic heterocycles. The SMILES string of the molecule is CCOP(=S)(N=P(CCCCP(=NP(=S)(OCC)OCC)(c1ccccc1)c1ccccc1)(c1ccccc1)c1ccccc1)OCC. The van der Waals surface area contributed by atoms with E-state index in [1.54, 1.807) is 0 Å². The van der Waals surface area contributed by atoms with E-state index in [-0.39, 0.29) is 0 Å². The molecule has 4 rings (SSSR count). The number of rotatable bonds is 19. The van der Waals surface area contributed by atoms with Crippen molar-refractivity contribution < 1.29 is 18.1 Å². The van der Waals surface area contributed by atoms with E-state index >= 15 is 0 Å². The Labute approximate surface area is 298 Å². The second kappa shape index (κ2) is 19.2. The van der Waals surface area contributed by atoms with E-state index in [1.165, 1.54) is 21.2 Å². The third-order valence-corrected chi connectivity index (χ3v) is 23.3. The van der Waals surface area contributed by atoms with Gasteiger partial charge in [0.1, 0.15) is 0 Å². The van der Waals surface area contributed by atoms with Crippen LogP contribution in [0.4, 0.5) is 0 Å². The van der Waals surface area contributed by atoms with E-state index in [0.29, 0.717) is 26.4 Å². The topological polar surface area (TPSA) is 61.6 Å². The molecule has 12 heteroatoms. The van der Waals surface area contributed by atoms with Gasteiger partial charge in [-0.15, -0.1) is 0 Å². The number of nitrogens with zero attached hydrogens (tertiary/aromatic N) is 2. The van der Waals surface area contributed by atoms with E-state index in [9.17, 15) is 0 Å². The predicted octanol–water partition coefficient (Wildman–Crippen LogP) is 10.1. The molecule has 0 atom stereocenters. The number of unbranched alkanes of at least 4 members (excludes halogenated alkanes) is 1. The van der Waals surface area contributed by atoms with Gasteiger partial charge >= 0.3 is 13.3 Å². The zero-order valence-electron chi connectivity index (χ0n) is 28.3. The minimum Gasteiger partial charge on any atom is -0.313 e. The van der Waals surface area contributed by atoms with Crippen LogP contribution in [-0.2, 0) is 41.7 Å². The zero-order valence-corrected chi connectivity index (χ0v) is 33.5. The van der Waals surface area contributed by atoms with Gasteiger partial charge in [-0.2, -0.15) is 0 Å². The van der Waals surface area contributed by atoms with E-state index < -0.39 is 27.4 Å². The Morgan fingerprint density at radius 3 is 0.854 bits per heavy atom. The maximum absolute atomic E-state index is 6.17. The molecule has 0 unspecified atom stereocenters. The first kappa shape index (κ1) is 39.3. The van der Waals surface area contributed by atoms with E-state index in [1.807, 2.05) is 52.0 Å². The summed E-state index contributed by atoms with van der Waals surface area (Å²) in [5.41, 5.74) is 0. The van der Waals surface area contributed by atoms with Gasteiger partial charge in [-0.3, -0.25) is 0 Å². The van der Waals surface area contributed by atoms with Gasteiger partial charge in [-0.25, -0.2) is 9.03 Å². The van der Waals surface area contributed by atoms with Gasteiger partial charge in [0.05, 0.1) is 26.4 Å². The summed E-state index contributed by atoms with van der Waals surface area (Å²) in [4.78, 5) is 0. The smallest absolute Gasteiger partial charge is 0.308 e. The number of hydrogen-bond acceptors (Lipinski definition) is 6. The van der Waals surface area contributed by atoms with E-state index in [0.717, 1.165) is 25.2 Å². The molecule has 4 aromatic rings. The fourth-order valence-corrected chi connectivity index (χ4v) is 22.5. The van der Waals surface area contributed by atoms with Crippen molar-refractivity contribution >= 4 is 72.2 Å². The van der Waals surface area contributed by atoms with Crippen molar-refractivity contribution in [1.29, 1.82) is 0 Å². The Balaban J connectivity index is 1.87. The summed E-state index contributed by atoms with van der Waals surface area (Å²) >= 11 is 12.2. The number of hydrogen-bond donors (Lipinski definition) is 0. The first-order valence-corrected chi connectivity index (χ1v) is 25.6. The molecule has 0 aliphatic carbocycles. The van der Waals surface area contributed by atoms with Crippen LogP contribution in [0.3, 0.4) is 0 Å². The average molecular weight is 761 g/mol. The number of benzene rings is 4. The molecule has 0 bridgehead atoms. The van der Waals surface area contributed by atoms with Crippen LogP contribution in [0.25, 0.3) is 0 Å². The minimum atomic E-state index is -2.94. The second-order valence-electron chi connectivity index (χ2n) is 10.8. The van der Waals surface area contributed by atoms with Crippen molar-refractivity contribution in [1.82, 2.24) is 0 Å². The fraction of sp³-hybridized carbons (Fsp3) is 0.333. The monoisotopic (exact) mass is 760 g/mol. The predicted molar refractivity (Wildman–Crippen MR) is 217 cm³/mol. The highest BCUT2D eigenvalue weighted by Gasteiger charge is 2.33. The Morgan fingerprint density at radius 2 is 0.646 bits per heavy atom. The molecule has 0 aliphatic heterocycles. The molecular weight excluding hydrogens is 712 g/mol. The molecular formula is C36H48N2O4P4S2. The largest absolute Gasteiger partial charge is 0.313 e. The lowest BCUT2D eigenvalue weighted by molar-refractivity contribution is 0.267. The molecule has 4 aromatic carbocycles. The zero-order chi connectivity index (χ0) is 34.4. The van der Waals surface area contributed by atoms with Gasteiger partial charge in [0, 0.05) is 14.1 Å². The molecule has 258 valence electrons. The van der Waals surface area contributed by atoms with Gasteiger partial charge < -0.3 is 18.1 Å². The van der Waals surface area contributed by atoms with Crippen LogP contribution < -0.4 is 21.2 Å². The molecule has 0 spiro atoms. The maximum Gasteiger partial charge on any atom is 0.308 e. The fourth-order valence-electron chi connectivity index (χ4n) is 5.69. The summed E-state index contributed by atoms with van der Waals surface area (Å²) in [6.07, 6.45) is 3.40. The van der Waals surface area contributed by atoms with Crippen LogP contribution >= 0.6 is 27.4 Å². The van der Waals surface area contributed by atoms with Crippen molar-refractivity contribution in [3.05, 3.63) is 121 Å². The van der Waals surface area contributed by atoms with Gasteiger partial charge in [-0.05, 0) is 97.7 Å². The molecule has 48 heavy (non-hydrogen) atoms. The van der Waals surface area contributed by atoms with Gasteiger partial charge in [0.2, 0.25) is 0 Å². The van der Waals surface area contributed by atoms with Gasteiger partial charge in [0.25, 0.3) is 0 Å². The van der Waals surface area contributed by atoms with Gasteiger partial charge in [-0.1, -0.05) is 121 Å². The highest BCUT2D eigenvalue weighted by Crippen LogP contribution is 2.64. The lowest BCUT2D eigenvalue weighted by Crippen LogP contribution is -2.21. The summed E-state index contributed by atoms with van der Waals surface area (Å²) in [5, 5.41) is 4.68. The molecule has 0 saturated carbocycles. The first-order chi connectivity index (χ1) is 23.3. The van der Waals surface area contributed by atoms with Crippen molar-refractivity contribution in [3.63, 3.8) is 0 Å². The quantitative estimate of drug-likeness (QED) is 0.0701. The lowest BCUT2D eigenvalue weighted by Gasteiger charge is -2.31. The molecule has 0 amide bonds. The Bertz CT molecular complexity index is 1520. The van der Waals surface area contributed by atoms with E-state index in [2.05, 4.69) is 97.1 Å². The second-order valence-corrected chi connectivity index (χ2v) is 24.0. The van der Waals surface area contributed by atoms with Crippen LogP contribution in [0.1, 0.15) is 40.5 Å². The standard InChI is InChI=1S/C36H48N2O4P4S2/c1-5-39-45(47,40-6-2)37-43(33-23-13-9-14-24-33,34-25-15-10-16-26-34)31-21-22-32-44(35-27-17-11-18-28-35,36-29-19-12-20-30-36)38-46(48,41-7-3)42-8-4/h9-20,23-30H,5-8,21-22,31-32H2,1-4H3. The molecule has 0 fully saturated rings. The highest BCUT2D eigenvalue weighted by molar-refractivity contribution is 8.11. The molecule has 6 nitrogen and oxygen atoms in total. The minimum absolute atomic E-state index is 0.443. The summed E-state index contributed by atoms with van der Waals surface area (Å²) < 4.78 is 35.7. The van der Waals surface area contributed by atoms with Crippen molar-refractivity contribution in [2.24, 2.45) is 9.03 Å². The maximum atomic E-state index is 6.17. The van der Waals surface area contributed by atoms with Crippen LogP contribution in [0.5, 0.6) is 0 Å². The lowest BCUT2D eigenvalue weighted by atomic mass is 10.4. The van der Waals surface area contributed by atoms with Crippen LogP contribution in [0.2, 0.25) is 0 Å². The van der Waals surface area contributed by atoms with Crippen LogP contribution in [0.15, 0.2) is 130 Å². The van der Waals surface area contributed by atoms with Crippen molar-refractivity contribution in [2.75, 3.05) is 38.8 Å². The summed E-state index contributed by atoms with van der Waals surface area (Å²) in [7, 11) is -4.86. The highest BCUT2D eigenvalue weighted by atomic mass is 32.5. The molecule has 0 radical (unpaired) electrons. The van der Waals surface area contributed by atoms with E-state index in [4.69, 9.17) is 50.7 Å². The Morgan fingerprint density at radius 1 is 0.417 bits per heavy atom. The van der Waals surface area contributed by atoms with Crippen molar-refractivity contribution in [2.45, 2.75) is 40.5 Å². The summed E-state index contributed by atoms with van der Waals surface area (Å²) in [6.45, 7) is 3.70. The first-order valence-electron chi connectivity index (χ1n) is 16.5. The molecule has 0 N–H and O–H groups in total. The third kappa shape index (κ3) is 10.0. The average Bonchev–Trinajstić information content (AvgIpc) is 3.11. The van der Waals surface area contributed by atoms with Crippen LogP contribution in [-0.4, -0.2) is 38.8 Å². The molecule has 0 aliphatic rings. The normalized spacial score (nSPS) is 12.5. The Kier molecular flexibility index (Phi) is 15.7. The van der Waals surface area contributed by atoms with Gasteiger partial charge in [0.15, 0.2) is 0 Å². The molecule has 0 heterocycles. The van der Waals surface area contributed by atoms with Crippen molar-refractivity contribution in [3.8, 4) is 0 Å². The third-order valence-electron chi connectivity index (χ3n) is 7.64. The Hall–Kier alpha value is -1.52. The summed E-state index contributed by atoms with van der Waals surface area (Å²) in [6, 6.07) is 42.3.